The fourth-order valence-electron chi connectivity index (χ4n) is 2.54. The summed E-state index contributed by atoms with van der Waals surface area (Å²) < 4.78 is 15.4. The van der Waals surface area contributed by atoms with Crippen molar-refractivity contribution < 1.29 is 19.0 Å². The molecule has 0 amide bonds. The first-order valence-corrected chi connectivity index (χ1v) is 9.83. The second-order valence-electron chi connectivity index (χ2n) is 6.37. The molecule has 146 valence electrons. The van der Waals surface area contributed by atoms with Gasteiger partial charge in [-0.3, -0.25) is 10.1 Å². The summed E-state index contributed by atoms with van der Waals surface area (Å²) in [5.41, 5.74) is 1.49. The monoisotopic (exact) mass is 389 g/mol. The fraction of sp³-hybridized carbons (Fsp3) is 0.381. The summed E-state index contributed by atoms with van der Waals surface area (Å²) >= 11 is 1.69. The number of hydrogen-bond donors (Lipinski definition) is 1. The summed E-state index contributed by atoms with van der Waals surface area (Å²) in [6.45, 7) is 2.45. The minimum absolute atomic E-state index is 0.266. The van der Waals surface area contributed by atoms with E-state index in [1.165, 1.54) is 12.7 Å². The maximum atomic E-state index is 12.3. The van der Waals surface area contributed by atoms with Crippen molar-refractivity contribution in [3.05, 3.63) is 59.7 Å². The number of hydrogen-bond acceptors (Lipinski definition) is 6. The number of rotatable bonds is 10. The number of carbonyl (C=O) groups is 1. The lowest BCUT2D eigenvalue weighted by atomic mass is 10.0. The SMILES string of the molecule is COC(=O)[C@](C)(CSCc1ccc(OC)cc1)NCc1ccc(OC)cc1. The van der Waals surface area contributed by atoms with E-state index in [1.54, 1.807) is 26.0 Å². The lowest BCUT2D eigenvalue weighted by Crippen LogP contribution is -2.52. The maximum absolute atomic E-state index is 12.3. The third-order valence-electron chi connectivity index (χ3n) is 4.30. The van der Waals surface area contributed by atoms with Gasteiger partial charge in [0.1, 0.15) is 17.0 Å². The number of thioether (sulfide) groups is 1. The van der Waals surface area contributed by atoms with Gasteiger partial charge in [-0.05, 0) is 42.3 Å². The van der Waals surface area contributed by atoms with Crippen LogP contribution >= 0.6 is 11.8 Å². The Kier molecular flexibility index (Phi) is 8.00. The molecule has 2 aromatic rings. The highest BCUT2D eigenvalue weighted by molar-refractivity contribution is 7.98. The Balaban J connectivity index is 1.93. The standard InChI is InChI=1S/C21H27NO4S/c1-21(20(23)26-4,22-13-16-5-9-18(24-2)10-6-16)15-27-14-17-7-11-19(25-3)12-8-17/h5-12,22H,13-15H2,1-4H3/t21-/m0/s1. The van der Waals surface area contributed by atoms with Crippen molar-refractivity contribution in [2.75, 3.05) is 27.1 Å². The topological polar surface area (TPSA) is 56.8 Å². The molecule has 0 bridgehead atoms. The molecule has 0 spiro atoms. The van der Waals surface area contributed by atoms with E-state index in [0.717, 1.165) is 22.8 Å². The molecule has 0 aliphatic rings. The van der Waals surface area contributed by atoms with Crippen LogP contribution in [0, 0.1) is 0 Å². The summed E-state index contributed by atoms with van der Waals surface area (Å²) in [6, 6.07) is 15.7. The number of carbonyl (C=O) groups excluding carboxylic acids is 1. The molecule has 5 nitrogen and oxygen atoms in total. The van der Waals surface area contributed by atoms with Crippen molar-refractivity contribution in [3.8, 4) is 11.5 Å². The zero-order valence-electron chi connectivity index (χ0n) is 16.3. The van der Waals surface area contributed by atoms with E-state index in [1.807, 2.05) is 55.5 Å². The van der Waals surface area contributed by atoms with Gasteiger partial charge < -0.3 is 14.2 Å². The summed E-state index contributed by atoms with van der Waals surface area (Å²) in [5, 5.41) is 3.35. The van der Waals surface area contributed by atoms with E-state index >= 15 is 0 Å². The molecule has 1 N–H and O–H groups in total. The highest BCUT2D eigenvalue weighted by atomic mass is 32.2. The zero-order valence-corrected chi connectivity index (χ0v) is 17.1. The lowest BCUT2D eigenvalue weighted by Gasteiger charge is -2.28. The Morgan fingerprint density at radius 2 is 1.44 bits per heavy atom. The van der Waals surface area contributed by atoms with Gasteiger partial charge in [-0.15, -0.1) is 0 Å². The van der Waals surface area contributed by atoms with E-state index < -0.39 is 5.54 Å². The van der Waals surface area contributed by atoms with Gasteiger partial charge in [-0.25, -0.2) is 0 Å². The molecule has 0 radical (unpaired) electrons. The highest BCUT2D eigenvalue weighted by Gasteiger charge is 2.33. The Hall–Kier alpha value is -2.18. The van der Waals surface area contributed by atoms with Gasteiger partial charge >= 0.3 is 5.97 Å². The van der Waals surface area contributed by atoms with Crippen molar-refractivity contribution >= 4 is 17.7 Å². The molecule has 0 aliphatic carbocycles. The minimum atomic E-state index is -0.772. The molecule has 2 rings (SSSR count). The molecular formula is C21H27NO4S. The van der Waals surface area contributed by atoms with Gasteiger partial charge in [0, 0.05) is 18.1 Å². The first-order valence-electron chi connectivity index (χ1n) is 8.68. The molecule has 27 heavy (non-hydrogen) atoms. The van der Waals surface area contributed by atoms with Crippen LogP contribution in [-0.2, 0) is 21.8 Å². The molecule has 0 fully saturated rings. The first-order chi connectivity index (χ1) is 13.0. The third kappa shape index (κ3) is 6.19. The number of ether oxygens (including phenoxy) is 3. The molecule has 0 aliphatic heterocycles. The van der Waals surface area contributed by atoms with Gasteiger partial charge in [-0.2, -0.15) is 11.8 Å². The summed E-state index contributed by atoms with van der Waals surface area (Å²) in [4.78, 5) is 12.3. The van der Waals surface area contributed by atoms with E-state index in [0.29, 0.717) is 12.3 Å². The predicted octanol–water partition coefficient (Wildman–Crippen LogP) is 3.66. The maximum Gasteiger partial charge on any atom is 0.326 e. The molecule has 0 saturated heterocycles. The summed E-state index contributed by atoms with van der Waals surface area (Å²) in [7, 11) is 4.71. The third-order valence-corrected chi connectivity index (χ3v) is 5.62. The second-order valence-corrected chi connectivity index (χ2v) is 7.35. The number of esters is 1. The van der Waals surface area contributed by atoms with Gasteiger partial charge in [0.2, 0.25) is 0 Å². The molecule has 0 saturated carbocycles. The lowest BCUT2D eigenvalue weighted by molar-refractivity contribution is -0.146. The van der Waals surface area contributed by atoms with Crippen LogP contribution in [0.15, 0.2) is 48.5 Å². The average Bonchev–Trinajstić information content (AvgIpc) is 2.72. The molecule has 2 aromatic carbocycles. The zero-order chi connectivity index (χ0) is 19.7. The van der Waals surface area contributed by atoms with Crippen molar-refractivity contribution in [1.29, 1.82) is 0 Å². The van der Waals surface area contributed by atoms with Crippen molar-refractivity contribution in [2.24, 2.45) is 0 Å². The van der Waals surface area contributed by atoms with Gasteiger partial charge in [0.25, 0.3) is 0 Å². The average molecular weight is 390 g/mol. The fourth-order valence-corrected chi connectivity index (χ4v) is 3.70. The normalized spacial score (nSPS) is 12.9. The van der Waals surface area contributed by atoms with E-state index in [9.17, 15) is 4.79 Å². The molecule has 1 atom stereocenters. The summed E-state index contributed by atoms with van der Waals surface area (Å²) in [6.07, 6.45) is 0. The molecule has 0 heterocycles. The van der Waals surface area contributed by atoms with Gasteiger partial charge in [0.15, 0.2) is 0 Å². The Bertz CT molecular complexity index is 718. The largest absolute Gasteiger partial charge is 0.497 e. The van der Waals surface area contributed by atoms with Gasteiger partial charge in [-0.1, -0.05) is 24.3 Å². The summed E-state index contributed by atoms with van der Waals surface area (Å²) in [5.74, 6) is 2.79. The van der Waals surface area contributed by atoms with E-state index in [4.69, 9.17) is 14.2 Å². The molecule has 0 unspecified atom stereocenters. The van der Waals surface area contributed by atoms with Crippen LogP contribution in [0.25, 0.3) is 0 Å². The molecule has 0 aromatic heterocycles. The minimum Gasteiger partial charge on any atom is -0.497 e. The first kappa shape index (κ1) is 21.1. The van der Waals surface area contributed by atoms with Crippen LogP contribution in [0.2, 0.25) is 0 Å². The van der Waals surface area contributed by atoms with Crippen molar-refractivity contribution in [3.63, 3.8) is 0 Å². The smallest absolute Gasteiger partial charge is 0.326 e. The van der Waals surface area contributed by atoms with Crippen LogP contribution in [0.4, 0.5) is 0 Å². The second kappa shape index (κ2) is 10.2. The predicted molar refractivity (Wildman–Crippen MR) is 109 cm³/mol. The highest BCUT2D eigenvalue weighted by Crippen LogP contribution is 2.22. The van der Waals surface area contributed by atoms with Gasteiger partial charge in [0.05, 0.1) is 21.3 Å². The van der Waals surface area contributed by atoms with E-state index in [-0.39, 0.29) is 5.97 Å². The van der Waals surface area contributed by atoms with Crippen molar-refractivity contribution in [1.82, 2.24) is 5.32 Å². The number of benzene rings is 2. The van der Waals surface area contributed by atoms with Crippen LogP contribution in [-0.4, -0.2) is 38.6 Å². The Morgan fingerprint density at radius 3 is 1.93 bits per heavy atom. The van der Waals surface area contributed by atoms with Crippen LogP contribution in [0.1, 0.15) is 18.1 Å². The van der Waals surface area contributed by atoms with Crippen LogP contribution in [0.3, 0.4) is 0 Å². The van der Waals surface area contributed by atoms with Crippen LogP contribution < -0.4 is 14.8 Å². The number of nitrogens with one attached hydrogen (secondary N) is 1. The molecule has 6 heteroatoms. The van der Waals surface area contributed by atoms with Crippen LogP contribution in [0.5, 0.6) is 11.5 Å². The number of methoxy groups -OCH3 is 3. The van der Waals surface area contributed by atoms with Crippen molar-refractivity contribution in [2.45, 2.75) is 24.8 Å². The van der Waals surface area contributed by atoms with E-state index in [2.05, 4.69) is 5.32 Å². The quantitative estimate of drug-likeness (QED) is 0.626. The Labute approximate surface area is 165 Å². The molecular weight excluding hydrogens is 362 g/mol. The Morgan fingerprint density at radius 1 is 0.926 bits per heavy atom.